The maximum Gasteiger partial charge on any atom is 0.125 e. The van der Waals surface area contributed by atoms with Crippen molar-refractivity contribution in [1.82, 2.24) is 5.32 Å². The van der Waals surface area contributed by atoms with Gasteiger partial charge in [0.2, 0.25) is 0 Å². The Morgan fingerprint density at radius 2 is 2.11 bits per heavy atom. The maximum atomic E-state index is 5.71. The Labute approximate surface area is 114 Å². The first kappa shape index (κ1) is 13.7. The van der Waals surface area contributed by atoms with Crippen LogP contribution in [0.5, 0.6) is 5.75 Å². The van der Waals surface area contributed by atoms with Crippen molar-refractivity contribution in [2.24, 2.45) is 0 Å². The number of rotatable bonds is 6. The maximum absolute atomic E-state index is 5.71. The summed E-state index contributed by atoms with van der Waals surface area (Å²) in [4.78, 5) is 0. The highest BCUT2D eigenvalue weighted by Crippen LogP contribution is 2.26. The molecule has 0 saturated heterocycles. The summed E-state index contributed by atoms with van der Waals surface area (Å²) in [6, 6.07) is 12.2. The molecule has 0 fully saturated rings. The van der Waals surface area contributed by atoms with Gasteiger partial charge in [0.15, 0.2) is 0 Å². The second-order valence-electron chi connectivity index (χ2n) is 4.59. The number of hydrogen-bond donors (Lipinski definition) is 1. The number of aryl methyl sites for hydroxylation is 1. The van der Waals surface area contributed by atoms with Crippen molar-refractivity contribution < 1.29 is 9.15 Å². The fourth-order valence-electron chi connectivity index (χ4n) is 2.09. The smallest absolute Gasteiger partial charge is 0.125 e. The number of benzene rings is 1. The molecule has 3 nitrogen and oxygen atoms in total. The van der Waals surface area contributed by atoms with Gasteiger partial charge < -0.3 is 14.5 Å². The van der Waals surface area contributed by atoms with Crippen LogP contribution in [0.4, 0.5) is 0 Å². The lowest BCUT2D eigenvalue weighted by molar-refractivity contribution is 0.316. The highest BCUT2D eigenvalue weighted by molar-refractivity contribution is 5.34. The Hall–Kier alpha value is -1.74. The normalized spacial score (nSPS) is 12.4. The topological polar surface area (TPSA) is 34.4 Å². The van der Waals surface area contributed by atoms with Crippen molar-refractivity contribution >= 4 is 0 Å². The van der Waals surface area contributed by atoms with E-state index in [-0.39, 0.29) is 6.04 Å². The molecule has 102 valence electrons. The van der Waals surface area contributed by atoms with Gasteiger partial charge in [0.1, 0.15) is 17.3 Å². The fraction of sp³-hybridized carbons (Fsp3) is 0.375. The van der Waals surface area contributed by atoms with E-state index in [4.69, 9.17) is 9.15 Å². The van der Waals surface area contributed by atoms with Crippen molar-refractivity contribution in [3.63, 3.8) is 0 Å². The molecule has 0 aliphatic carbocycles. The molecule has 2 rings (SSSR count). The first-order chi connectivity index (χ1) is 9.24. The summed E-state index contributed by atoms with van der Waals surface area (Å²) in [6.07, 6.45) is 1.01. The van der Waals surface area contributed by atoms with E-state index in [1.165, 1.54) is 0 Å². The molecule has 1 atom stereocenters. The summed E-state index contributed by atoms with van der Waals surface area (Å²) in [6.45, 7) is 4.80. The van der Waals surface area contributed by atoms with Crippen LogP contribution in [0.2, 0.25) is 0 Å². The molecule has 1 aromatic heterocycles. The van der Waals surface area contributed by atoms with E-state index < -0.39 is 0 Å². The molecule has 3 heteroatoms. The summed E-state index contributed by atoms with van der Waals surface area (Å²) >= 11 is 0. The van der Waals surface area contributed by atoms with E-state index in [0.29, 0.717) is 0 Å². The third-order valence-electron chi connectivity index (χ3n) is 3.00. The molecular formula is C16H21NO2. The highest BCUT2D eigenvalue weighted by Gasteiger charge is 2.15. The average Bonchev–Trinajstić information content (AvgIpc) is 2.84. The van der Waals surface area contributed by atoms with Crippen LogP contribution in [0.25, 0.3) is 0 Å². The minimum Gasteiger partial charge on any atom is -0.494 e. The molecule has 0 aliphatic heterocycles. The van der Waals surface area contributed by atoms with Crippen LogP contribution in [0.15, 0.2) is 40.8 Å². The Morgan fingerprint density at radius 3 is 2.74 bits per heavy atom. The Bertz CT molecular complexity index is 519. The van der Waals surface area contributed by atoms with E-state index in [0.717, 1.165) is 35.9 Å². The van der Waals surface area contributed by atoms with Gasteiger partial charge in [0.05, 0.1) is 12.6 Å². The molecule has 1 heterocycles. The van der Waals surface area contributed by atoms with Gasteiger partial charge in [-0.15, -0.1) is 0 Å². The summed E-state index contributed by atoms with van der Waals surface area (Å²) < 4.78 is 11.4. The van der Waals surface area contributed by atoms with Gasteiger partial charge in [-0.25, -0.2) is 0 Å². The van der Waals surface area contributed by atoms with Crippen molar-refractivity contribution in [3.05, 3.63) is 53.5 Å². The zero-order valence-corrected chi connectivity index (χ0v) is 11.8. The van der Waals surface area contributed by atoms with Crippen LogP contribution in [-0.4, -0.2) is 13.7 Å². The fourth-order valence-corrected chi connectivity index (χ4v) is 2.09. The first-order valence-corrected chi connectivity index (χ1v) is 6.71. The van der Waals surface area contributed by atoms with Gasteiger partial charge in [0.25, 0.3) is 0 Å². The highest BCUT2D eigenvalue weighted by atomic mass is 16.5. The molecule has 19 heavy (non-hydrogen) atoms. The lowest BCUT2D eigenvalue weighted by atomic mass is 10.0. The van der Waals surface area contributed by atoms with E-state index in [1.807, 2.05) is 38.2 Å². The van der Waals surface area contributed by atoms with Crippen LogP contribution in [-0.2, 0) is 0 Å². The molecule has 0 saturated carbocycles. The lowest BCUT2D eigenvalue weighted by Gasteiger charge is -2.15. The van der Waals surface area contributed by atoms with E-state index in [9.17, 15) is 0 Å². The van der Waals surface area contributed by atoms with Crippen molar-refractivity contribution in [2.45, 2.75) is 26.3 Å². The predicted molar refractivity (Wildman–Crippen MR) is 76.6 cm³/mol. The minimum atomic E-state index is 0.0545. The van der Waals surface area contributed by atoms with E-state index >= 15 is 0 Å². The summed E-state index contributed by atoms with van der Waals surface area (Å²) in [5.74, 6) is 2.75. The molecule has 0 radical (unpaired) electrons. The van der Waals surface area contributed by atoms with Crippen LogP contribution in [0.1, 0.15) is 36.5 Å². The van der Waals surface area contributed by atoms with Gasteiger partial charge in [-0.1, -0.05) is 19.1 Å². The molecule has 0 aliphatic rings. The number of ether oxygens (including phenoxy) is 1. The number of furan rings is 1. The third kappa shape index (κ3) is 3.38. The van der Waals surface area contributed by atoms with Gasteiger partial charge >= 0.3 is 0 Å². The Morgan fingerprint density at radius 1 is 1.26 bits per heavy atom. The lowest BCUT2D eigenvalue weighted by Crippen LogP contribution is -2.17. The minimum absolute atomic E-state index is 0.0545. The molecule has 2 aromatic rings. The van der Waals surface area contributed by atoms with E-state index in [2.05, 4.69) is 24.4 Å². The van der Waals surface area contributed by atoms with E-state index in [1.54, 1.807) is 0 Å². The van der Waals surface area contributed by atoms with Gasteiger partial charge in [-0.05, 0) is 50.2 Å². The molecule has 0 spiro atoms. The van der Waals surface area contributed by atoms with Crippen LogP contribution >= 0.6 is 0 Å². The van der Waals surface area contributed by atoms with Crippen LogP contribution in [0.3, 0.4) is 0 Å². The van der Waals surface area contributed by atoms with Gasteiger partial charge in [-0.3, -0.25) is 0 Å². The number of hydrogen-bond acceptors (Lipinski definition) is 3. The molecule has 1 N–H and O–H groups in total. The standard InChI is InChI=1S/C16H21NO2/c1-4-10-18-14-7-5-6-13(11-14)16(17-3)15-9-8-12(2)19-15/h5-9,11,16-17H,4,10H2,1-3H3. The van der Waals surface area contributed by atoms with Crippen molar-refractivity contribution in [1.29, 1.82) is 0 Å². The second-order valence-corrected chi connectivity index (χ2v) is 4.59. The first-order valence-electron chi connectivity index (χ1n) is 6.71. The summed E-state index contributed by atoms with van der Waals surface area (Å²) in [5, 5.41) is 3.28. The summed E-state index contributed by atoms with van der Waals surface area (Å²) in [5.41, 5.74) is 1.14. The zero-order chi connectivity index (χ0) is 13.7. The van der Waals surface area contributed by atoms with Gasteiger partial charge in [0, 0.05) is 0 Å². The summed E-state index contributed by atoms with van der Waals surface area (Å²) in [7, 11) is 1.93. The number of nitrogens with one attached hydrogen (secondary N) is 1. The third-order valence-corrected chi connectivity index (χ3v) is 3.00. The monoisotopic (exact) mass is 259 g/mol. The van der Waals surface area contributed by atoms with Crippen molar-refractivity contribution in [2.75, 3.05) is 13.7 Å². The van der Waals surface area contributed by atoms with Crippen molar-refractivity contribution in [3.8, 4) is 5.75 Å². The quantitative estimate of drug-likeness (QED) is 0.859. The molecular weight excluding hydrogens is 238 g/mol. The average molecular weight is 259 g/mol. The predicted octanol–water partition coefficient (Wildman–Crippen LogP) is 3.69. The SMILES string of the molecule is CCCOc1cccc(C(NC)c2ccc(C)o2)c1. The van der Waals surface area contributed by atoms with Crippen LogP contribution < -0.4 is 10.1 Å². The second kappa shape index (κ2) is 6.43. The largest absolute Gasteiger partial charge is 0.494 e. The molecule has 0 amide bonds. The zero-order valence-electron chi connectivity index (χ0n) is 11.8. The molecule has 1 unspecified atom stereocenters. The Balaban J connectivity index is 2.23. The van der Waals surface area contributed by atoms with Crippen LogP contribution in [0, 0.1) is 6.92 Å². The van der Waals surface area contributed by atoms with Gasteiger partial charge in [-0.2, -0.15) is 0 Å². The molecule has 0 bridgehead atoms. The Kier molecular flexibility index (Phi) is 4.63. The molecule has 1 aromatic carbocycles.